The topological polar surface area (TPSA) is 71.8 Å². The van der Waals surface area contributed by atoms with E-state index < -0.39 is 5.25 Å². The second-order valence-electron chi connectivity index (χ2n) is 7.42. The Labute approximate surface area is 185 Å². The summed E-state index contributed by atoms with van der Waals surface area (Å²) in [6.45, 7) is 6.16. The van der Waals surface area contributed by atoms with Crippen molar-refractivity contribution in [3.05, 3.63) is 70.0 Å². The molecule has 0 radical (unpaired) electrons. The van der Waals surface area contributed by atoms with Crippen molar-refractivity contribution in [1.29, 1.82) is 0 Å². The van der Waals surface area contributed by atoms with Gasteiger partial charge in [-0.25, -0.2) is 4.68 Å². The first kappa shape index (κ1) is 20.8. The van der Waals surface area contributed by atoms with Crippen molar-refractivity contribution in [1.82, 2.24) is 14.9 Å². The van der Waals surface area contributed by atoms with Crippen LogP contribution in [0.15, 0.2) is 47.6 Å². The summed E-state index contributed by atoms with van der Waals surface area (Å²) in [5.74, 6) is 0.791. The van der Waals surface area contributed by atoms with Gasteiger partial charge in [0.2, 0.25) is 11.1 Å². The van der Waals surface area contributed by atoms with Crippen molar-refractivity contribution >= 4 is 35.0 Å². The lowest BCUT2D eigenvalue weighted by Gasteiger charge is -2.33. The van der Waals surface area contributed by atoms with Crippen LogP contribution in [0, 0.1) is 13.8 Å². The highest BCUT2D eigenvalue weighted by molar-refractivity contribution is 8.00. The van der Waals surface area contributed by atoms with Crippen LogP contribution >= 0.6 is 23.4 Å². The number of nitrogens with zero attached hydrogens (tertiary/aromatic N) is 3. The van der Waals surface area contributed by atoms with E-state index >= 15 is 0 Å². The molecule has 0 fully saturated rings. The molecule has 0 spiro atoms. The average Bonchev–Trinajstić information content (AvgIpc) is 3.13. The molecule has 1 amide bonds. The van der Waals surface area contributed by atoms with Gasteiger partial charge in [-0.05, 0) is 55.2 Å². The Hall–Kier alpha value is -2.51. The first-order chi connectivity index (χ1) is 14.5. The van der Waals surface area contributed by atoms with Crippen molar-refractivity contribution < 1.29 is 4.79 Å². The fraction of sp³-hybridized carbons (Fsp3) is 0.318. The third kappa shape index (κ3) is 4.04. The van der Waals surface area contributed by atoms with Crippen molar-refractivity contribution in [2.24, 2.45) is 0 Å². The number of benzene rings is 2. The van der Waals surface area contributed by atoms with Crippen molar-refractivity contribution in [3.8, 4) is 0 Å². The highest BCUT2D eigenvalue weighted by atomic mass is 35.5. The number of hydrogen-bond donors (Lipinski definition) is 2. The number of hydrogen-bond acceptors (Lipinski definition) is 5. The predicted molar refractivity (Wildman–Crippen MR) is 122 cm³/mol. The molecule has 0 saturated carbocycles. The number of thioether (sulfide) groups is 1. The summed E-state index contributed by atoms with van der Waals surface area (Å²) in [4.78, 5) is 13.4. The molecule has 6 nitrogen and oxygen atoms in total. The number of aryl methyl sites for hydroxylation is 2. The molecular weight excluding hydrogens is 418 g/mol. The maximum atomic E-state index is 13.4. The summed E-state index contributed by atoms with van der Waals surface area (Å²) in [6.07, 6.45) is 1.78. The summed E-state index contributed by atoms with van der Waals surface area (Å²) in [5.41, 5.74) is 7.49. The van der Waals surface area contributed by atoms with E-state index in [1.165, 1.54) is 11.8 Å². The molecular formula is C22H24ClN5OS. The van der Waals surface area contributed by atoms with Crippen LogP contribution in [0.4, 0.5) is 5.69 Å². The Morgan fingerprint density at radius 2 is 1.97 bits per heavy atom. The molecule has 1 aliphatic rings. The largest absolute Gasteiger partial charge is 0.325 e. The van der Waals surface area contributed by atoms with Gasteiger partial charge in [-0.3, -0.25) is 4.79 Å². The lowest BCUT2D eigenvalue weighted by Crippen LogP contribution is -2.41. The third-order valence-electron chi connectivity index (χ3n) is 5.33. The van der Waals surface area contributed by atoms with E-state index in [-0.39, 0.29) is 11.9 Å². The minimum Gasteiger partial charge on any atom is -0.325 e. The van der Waals surface area contributed by atoms with Crippen molar-refractivity contribution in [2.75, 3.05) is 10.7 Å². The Kier molecular flexibility index (Phi) is 6.01. The van der Waals surface area contributed by atoms with Crippen LogP contribution in [0.1, 0.15) is 41.9 Å². The molecule has 3 aromatic rings. The van der Waals surface area contributed by atoms with E-state index in [0.717, 1.165) is 41.0 Å². The number of anilines is 1. The van der Waals surface area contributed by atoms with Crippen LogP contribution in [0.5, 0.6) is 0 Å². The maximum absolute atomic E-state index is 13.4. The van der Waals surface area contributed by atoms with E-state index in [9.17, 15) is 4.79 Å². The van der Waals surface area contributed by atoms with E-state index in [4.69, 9.17) is 11.6 Å². The minimum atomic E-state index is -0.419. The van der Waals surface area contributed by atoms with E-state index in [1.807, 2.05) is 61.0 Å². The average molecular weight is 442 g/mol. The number of amides is 1. The van der Waals surface area contributed by atoms with Crippen LogP contribution in [-0.4, -0.2) is 26.0 Å². The standard InChI is InChI=1S/C22H24ClN5OS/c1-4-6-18-25-26-22-28(18)27-19(15-9-11-16(23)12-10-15)20(30-22)21(29)24-17-8-5-7-13(2)14(17)3/h5,7-12,19-20,27H,4,6H2,1-3H3,(H,24,29). The molecule has 0 bridgehead atoms. The van der Waals surface area contributed by atoms with Gasteiger partial charge in [0.05, 0.1) is 6.04 Å². The summed E-state index contributed by atoms with van der Waals surface area (Å²) in [6, 6.07) is 13.3. The molecule has 8 heteroatoms. The third-order valence-corrected chi connectivity index (χ3v) is 6.79. The SMILES string of the molecule is CCCc1nnc2n1NC(c1ccc(Cl)cc1)C(C(=O)Nc1cccc(C)c1C)S2. The Morgan fingerprint density at radius 3 is 2.70 bits per heavy atom. The Balaban J connectivity index is 1.68. The van der Waals surface area contributed by atoms with Gasteiger partial charge in [-0.1, -0.05) is 54.6 Å². The monoisotopic (exact) mass is 441 g/mol. The van der Waals surface area contributed by atoms with Gasteiger partial charge in [-0.15, -0.1) is 10.2 Å². The molecule has 4 rings (SSSR count). The van der Waals surface area contributed by atoms with Crippen molar-refractivity contribution in [3.63, 3.8) is 0 Å². The molecule has 2 unspecified atom stereocenters. The molecule has 2 atom stereocenters. The maximum Gasteiger partial charge on any atom is 0.240 e. The fourth-order valence-electron chi connectivity index (χ4n) is 3.49. The number of carbonyl (C=O) groups excluding carboxylic acids is 1. The van der Waals surface area contributed by atoms with Gasteiger partial charge in [0.1, 0.15) is 5.25 Å². The molecule has 1 aromatic heterocycles. The molecule has 0 saturated heterocycles. The molecule has 2 heterocycles. The summed E-state index contributed by atoms with van der Waals surface area (Å²) in [7, 11) is 0. The smallest absolute Gasteiger partial charge is 0.240 e. The van der Waals surface area contributed by atoms with Crippen LogP contribution < -0.4 is 10.7 Å². The van der Waals surface area contributed by atoms with Gasteiger partial charge >= 0.3 is 0 Å². The molecule has 156 valence electrons. The second kappa shape index (κ2) is 8.70. The molecule has 2 aromatic carbocycles. The fourth-order valence-corrected chi connectivity index (χ4v) is 4.72. The van der Waals surface area contributed by atoms with Crippen LogP contribution in [0.25, 0.3) is 0 Å². The van der Waals surface area contributed by atoms with Gasteiger partial charge < -0.3 is 10.7 Å². The number of aromatic nitrogens is 3. The van der Waals surface area contributed by atoms with E-state index in [2.05, 4.69) is 27.9 Å². The highest BCUT2D eigenvalue weighted by Crippen LogP contribution is 2.38. The zero-order chi connectivity index (χ0) is 21.3. The first-order valence-electron chi connectivity index (χ1n) is 9.98. The molecule has 30 heavy (non-hydrogen) atoms. The molecule has 2 N–H and O–H groups in total. The number of nitrogens with one attached hydrogen (secondary N) is 2. The predicted octanol–water partition coefficient (Wildman–Crippen LogP) is 4.90. The minimum absolute atomic E-state index is 0.0764. The van der Waals surface area contributed by atoms with Gasteiger partial charge in [0.15, 0.2) is 5.82 Å². The number of halogens is 1. The van der Waals surface area contributed by atoms with E-state index in [0.29, 0.717) is 10.2 Å². The van der Waals surface area contributed by atoms with Crippen molar-refractivity contribution in [2.45, 2.75) is 50.1 Å². The van der Waals surface area contributed by atoms with Gasteiger partial charge in [0, 0.05) is 17.1 Å². The lowest BCUT2D eigenvalue weighted by atomic mass is 10.0. The second-order valence-corrected chi connectivity index (χ2v) is 8.96. The lowest BCUT2D eigenvalue weighted by molar-refractivity contribution is -0.116. The zero-order valence-electron chi connectivity index (χ0n) is 17.1. The van der Waals surface area contributed by atoms with Gasteiger partial charge in [-0.2, -0.15) is 0 Å². The first-order valence-corrected chi connectivity index (χ1v) is 11.2. The normalized spacial score (nSPS) is 17.9. The van der Waals surface area contributed by atoms with E-state index in [1.54, 1.807) is 0 Å². The van der Waals surface area contributed by atoms with Crippen LogP contribution in [0.2, 0.25) is 5.02 Å². The summed E-state index contributed by atoms with van der Waals surface area (Å²) >= 11 is 7.52. The molecule has 1 aliphatic heterocycles. The number of carbonyl (C=O) groups is 1. The number of fused-ring (bicyclic) bond motifs is 1. The quantitative estimate of drug-likeness (QED) is 0.589. The Morgan fingerprint density at radius 1 is 1.20 bits per heavy atom. The summed E-state index contributed by atoms with van der Waals surface area (Å²) < 4.78 is 1.91. The van der Waals surface area contributed by atoms with Crippen LogP contribution in [-0.2, 0) is 11.2 Å². The van der Waals surface area contributed by atoms with Crippen LogP contribution in [0.3, 0.4) is 0 Å². The summed E-state index contributed by atoms with van der Waals surface area (Å²) in [5, 5.41) is 12.7. The van der Waals surface area contributed by atoms with Gasteiger partial charge in [0.25, 0.3) is 0 Å². The Bertz CT molecular complexity index is 1070. The number of rotatable bonds is 5. The zero-order valence-corrected chi connectivity index (χ0v) is 18.7. The molecule has 0 aliphatic carbocycles. The highest BCUT2D eigenvalue weighted by Gasteiger charge is 2.37.